The molecule has 0 radical (unpaired) electrons. The summed E-state index contributed by atoms with van der Waals surface area (Å²) >= 11 is 0. The van der Waals surface area contributed by atoms with Crippen LogP contribution in [-0.2, 0) is 18.4 Å². The smallest absolute Gasteiger partial charge is 0.380 e. The number of carbonyl (C=O) groups is 1. The molecule has 0 amide bonds. The molecule has 0 aromatic heterocycles. The second kappa shape index (κ2) is 5.37. The lowest BCUT2D eigenvalue weighted by Crippen LogP contribution is -2.14. The fourth-order valence-electron chi connectivity index (χ4n) is 0.553. The van der Waals surface area contributed by atoms with E-state index < -0.39 is 13.7 Å². The maximum Gasteiger partial charge on any atom is 0.458 e. The van der Waals surface area contributed by atoms with Crippen LogP contribution in [0.3, 0.4) is 0 Å². The number of rotatable bonds is 5. The van der Waals surface area contributed by atoms with E-state index >= 15 is 0 Å². The molecule has 0 spiro atoms. The van der Waals surface area contributed by atoms with Crippen molar-refractivity contribution in [2.75, 3.05) is 0 Å². The van der Waals surface area contributed by atoms with Gasteiger partial charge in [-0.3, -0.25) is 9.32 Å². The second-order valence-electron chi connectivity index (χ2n) is 2.68. The van der Waals surface area contributed by atoms with Gasteiger partial charge in [-0.2, -0.15) is 0 Å². The highest BCUT2D eigenvalue weighted by atomic mass is 31.2. The molecule has 5 nitrogen and oxygen atoms in total. The molecule has 0 bridgehead atoms. The molecule has 0 saturated heterocycles. The Hall–Kier alpha value is -0.380. The van der Waals surface area contributed by atoms with Gasteiger partial charge in [-0.15, -0.1) is 0 Å². The Bertz CT molecular complexity index is 219. The zero-order valence-electron chi connectivity index (χ0n) is 8.15. The van der Waals surface area contributed by atoms with E-state index in [2.05, 4.69) is 4.52 Å². The monoisotopic (exact) mass is 209 g/mol. The van der Waals surface area contributed by atoms with Gasteiger partial charge in [0.25, 0.3) is 0 Å². The van der Waals surface area contributed by atoms with Crippen molar-refractivity contribution in [3.63, 3.8) is 0 Å². The zero-order valence-corrected chi connectivity index (χ0v) is 9.04. The summed E-state index contributed by atoms with van der Waals surface area (Å²) in [6.45, 7) is 5.15. The SMILES string of the molecule is CCC(=O)OP(N)(=O)OC(C)CC. The topological polar surface area (TPSA) is 78.6 Å². The third-order valence-electron chi connectivity index (χ3n) is 1.42. The first-order valence-corrected chi connectivity index (χ1v) is 5.82. The van der Waals surface area contributed by atoms with Crippen molar-refractivity contribution in [2.45, 2.75) is 39.7 Å². The molecule has 0 aliphatic carbocycles. The molecule has 0 heterocycles. The third-order valence-corrected chi connectivity index (χ3v) is 2.53. The lowest BCUT2D eigenvalue weighted by atomic mass is 10.3. The van der Waals surface area contributed by atoms with Gasteiger partial charge < -0.3 is 4.52 Å². The van der Waals surface area contributed by atoms with E-state index in [1.54, 1.807) is 13.8 Å². The summed E-state index contributed by atoms with van der Waals surface area (Å²) in [5.41, 5.74) is 5.16. The van der Waals surface area contributed by atoms with Crippen molar-refractivity contribution < 1.29 is 18.4 Å². The van der Waals surface area contributed by atoms with Gasteiger partial charge in [0.1, 0.15) is 0 Å². The Morgan fingerprint density at radius 2 is 2.08 bits per heavy atom. The summed E-state index contributed by atoms with van der Waals surface area (Å²) < 4.78 is 20.5. The molecule has 0 rings (SSSR count). The van der Waals surface area contributed by atoms with Crippen molar-refractivity contribution >= 4 is 13.7 Å². The van der Waals surface area contributed by atoms with E-state index in [4.69, 9.17) is 10.0 Å². The van der Waals surface area contributed by atoms with Crippen molar-refractivity contribution in [1.29, 1.82) is 0 Å². The van der Waals surface area contributed by atoms with Gasteiger partial charge in [-0.05, 0) is 13.3 Å². The molecular formula is C7H16NO4P. The predicted molar refractivity (Wildman–Crippen MR) is 49.0 cm³/mol. The van der Waals surface area contributed by atoms with Crippen LogP contribution in [0.15, 0.2) is 0 Å². The van der Waals surface area contributed by atoms with E-state index in [1.807, 2.05) is 6.92 Å². The Labute approximate surface area is 78.2 Å². The first-order chi connectivity index (χ1) is 5.91. The lowest BCUT2D eigenvalue weighted by molar-refractivity contribution is -0.134. The van der Waals surface area contributed by atoms with Gasteiger partial charge in [0, 0.05) is 6.42 Å². The van der Waals surface area contributed by atoms with Crippen molar-refractivity contribution in [2.24, 2.45) is 5.50 Å². The average molecular weight is 209 g/mol. The second-order valence-corrected chi connectivity index (χ2v) is 4.15. The number of hydrogen-bond donors (Lipinski definition) is 1. The Balaban J connectivity index is 4.08. The molecule has 0 aliphatic heterocycles. The number of carbonyl (C=O) groups excluding carboxylic acids is 1. The van der Waals surface area contributed by atoms with Gasteiger partial charge in [0.05, 0.1) is 6.10 Å². The van der Waals surface area contributed by atoms with E-state index in [-0.39, 0.29) is 12.5 Å². The molecule has 2 unspecified atom stereocenters. The summed E-state index contributed by atoms with van der Waals surface area (Å²) in [5.74, 6) is -0.617. The van der Waals surface area contributed by atoms with Crippen molar-refractivity contribution in [3.05, 3.63) is 0 Å². The first kappa shape index (κ1) is 12.6. The summed E-state index contributed by atoms with van der Waals surface area (Å²) in [4.78, 5) is 10.7. The Morgan fingerprint density at radius 3 is 2.46 bits per heavy atom. The summed E-state index contributed by atoms with van der Waals surface area (Å²) in [6, 6.07) is 0. The maximum atomic E-state index is 11.3. The van der Waals surface area contributed by atoms with Crippen LogP contribution in [0.25, 0.3) is 0 Å². The van der Waals surface area contributed by atoms with Crippen LogP contribution < -0.4 is 5.50 Å². The molecule has 13 heavy (non-hydrogen) atoms. The highest BCUT2D eigenvalue weighted by Crippen LogP contribution is 2.41. The van der Waals surface area contributed by atoms with Crippen LogP contribution in [0.1, 0.15) is 33.6 Å². The number of hydrogen-bond acceptors (Lipinski definition) is 4. The lowest BCUT2D eigenvalue weighted by Gasteiger charge is -2.16. The molecule has 78 valence electrons. The minimum atomic E-state index is -3.69. The molecule has 2 N–H and O–H groups in total. The standard InChI is InChI=1S/C7H16NO4P/c1-4-6(3)11-13(8,10)12-7(9)5-2/h6H,4-5H2,1-3H3,(H2,8,10). The molecule has 0 aromatic rings. The normalized spacial score (nSPS) is 17.5. The first-order valence-electron chi connectivity index (χ1n) is 4.20. The van der Waals surface area contributed by atoms with Gasteiger partial charge in [-0.1, -0.05) is 13.8 Å². The van der Waals surface area contributed by atoms with Crippen LogP contribution in [0.5, 0.6) is 0 Å². The van der Waals surface area contributed by atoms with E-state index in [0.717, 1.165) is 0 Å². The van der Waals surface area contributed by atoms with Gasteiger partial charge in [0.15, 0.2) is 0 Å². The highest BCUT2D eigenvalue weighted by Gasteiger charge is 2.24. The predicted octanol–water partition coefficient (Wildman–Crippen LogP) is 1.82. The zero-order chi connectivity index (χ0) is 10.5. The molecule has 6 heteroatoms. The minimum absolute atomic E-state index is 0.130. The minimum Gasteiger partial charge on any atom is -0.380 e. The van der Waals surface area contributed by atoms with Crippen LogP contribution >= 0.6 is 7.75 Å². The van der Waals surface area contributed by atoms with E-state index in [0.29, 0.717) is 6.42 Å². The highest BCUT2D eigenvalue weighted by molar-refractivity contribution is 7.51. The molecule has 0 saturated carbocycles. The third kappa shape index (κ3) is 5.80. The van der Waals surface area contributed by atoms with Crippen molar-refractivity contribution in [3.8, 4) is 0 Å². The molecule has 0 aliphatic rings. The van der Waals surface area contributed by atoms with Gasteiger partial charge >= 0.3 is 13.7 Å². The quantitative estimate of drug-likeness (QED) is 0.698. The van der Waals surface area contributed by atoms with Crippen LogP contribution in [0, 0.1) is 0 Å². The molecule has 0 fully saturated rings. The van der Waals surface area contributed by atoms with Crippen LogP contribution in [0.2, 0.25) is 0 Å². The summed E-state index contributed by atoms with van der Waals surface area (Å²) in [6.07, 6.45) is 0.510. The van der Waals surface area contributed by atoms with Crippen LogP contribution in [-0.4, -0.2) is 12.1 Å². The van der Waals surface area contributed by atoms with Gasteiger partial charge in [0.2, 0.25) is 0 Å². The largest absolute Gasteiger partial charge is 0.458 e. The van der Waals surface area contributed by atoms with Gasteiger partial charge in [-0.25, -0.2) is 10.1 Å². The van der Waals surface area contributed by atoms with Crippen LogP contribution in [0.4, 0.5) is 0 Å². The number of nitrogens with two attached hydrogens (primary N) is 1. The fourth-order valence-corrected chi connectivity index (χ4v) is 1.66. The molecule has 2 atom stereocenters. The average Bonchev–Trinajstić information content (AvgIpc) is 2.02. The molecule has 0 aromatic carbocycles. The maximum absolute atomic E-state index is 11.3. The van der Waals surface area contributed by atoms with Crippen molar-refractivity contribution in [1.82, 2.24) is 0 Å². The van der Waals surface area contributed by atoms with E-state index in [9.17, 15) is 9.36 Å². The fraction of sp³-hybridized carbons (Fsp3) is 0.857. The Kier molecular flexibility index (Phi) is 5.21. The Morgan fingerprint density at radius 1 is 1.54 bits per heavy atom. The summed E-state index contributed by atoms with van der Waals surface area (Å²) in [5, 5.41) is 0. The summed E-state index contributed by atoms with van der Waals surface area (Å²) in [7, 11) is -3.69. The molecular weight excluding hydrogens is 193 g/mol. The van der Waals surface area contributed by atoms with E-state index in [1.165, 1.54) is 0 Å².